The predicted octanol–water partition coefficient (Wildman–Crippen LogP) is 10.5. The molecule has 0 spiro atoms. The first kappa shape index (κ1) is 18.8. The van der Waals surface area contributed by atoms with Crippen LogP contribution in [0.25, 0.3) is 59.1 Å². The molecule has 0 bridgehead atoms. The Morgan fingerprint density at radius 2 is 0.500 bits per heavy atom. The molecule has 0 fully saturated rings. The summed E-state index contributed by atoms with van der Waals surface area (Å²) in [5.41, 5.74) is 0. The van der Waals surface area contributed by atoms with Crippen LogP contribution in [0, 0.1) is 0 Å². The molecular formula is C28H16S4. The molecule has 0 N–H and O–H groups in total. The number of thiophene rings is 4. The van der Waals surface area contributed by atoms with E-state index in [9.17, 15) is 0 Å². The second kappa shape index (κ2) is 7.39. The zero-order valence-corrected chi connectivity index (χ0v) is 20.1. The highest BCUT2D eigenvalue weighted by atomic mass is 32.1. The van der Waals surface area contributed by atoms with Gasteiger partial charge in [0, 0.05) is 40.3 Å². The second-order valence-corrected chi connectivity index (χ2v) is 11.9. The molecule has 4 aromatic heterocycles. The smallest absolute Gasteiger partial charge is 0.0542 e. The summed E-state index contributed by atoms with van der Waals surface area (Å²) in [4.78, 5) is 0. The van der Waals surface area contributed by atoms with Crippen molar-refractivity contribution in [2.75, 3.05) is 0 Å². The lowest BCUT2D eigenvalue weighted by molar-refractivity contribution is 1.87. The summed E-state index contributed by atoms with van der Waals surface area (Å²) in [5.74, 6) is 0. The molecule has 8 rings (SSSR count). The van der Waals surface area contributed by atoms with Crippen molar-refractivity contribution in [1.29, 1.82) is 0 Å². The third-order valence-electron chi connectivity index (χ3n) is 5.79. The quantitative estimate of drug-likeness (QED) is 0.202. The van der Waals surface area contributed by atoms with Crippen LogP contribution in [0.3, 0.4) is 0 Å². The maximum Gasteiger partial charge on any atom is 0.0542 e. The molecule has 0 saturated heterocycles. The van der Waals surface area contributed by atoms with Gasteiger partial charge in [-0.25, -0.2) is 0 Å². The van der Waals surface area contributed by atoms with Gasteiger partial charge in [-0.2, -0.15) is 0 Å². The van der Waals surface area contributed by atoms with E-state index in [2.05, 4.69) is 97.1 Å². The topological polar surface area (TPSA) is 0 Å². The summed E-state index contributed by atoms with van der Waals surface area (Å²) in [7, 11) is 0. The standard InChI is InChI=1S/2C14H8S2/c2*1-3-7-11-9(5-1)13-14(15-11)10-6-2-4-8-12(10)16-13/h2*1-8H. The van der Waals surface area contributed by atoms with Gasteiger partial charge in [-0.05, 0) is 24.3 Å². The van der Waals surface area contributed by atoms with Gasteiger partial charge >= 0.3 is 0 Å². The summed E-state index contributed by atoms with van der Waals surface area (Å²) in [6.07, 6.45) is 0. The summed E-state index contributed by atoms with van der Waals surface area (Å²) in [5, 5.41) is 5.62. The minimum Gasteiger partial charge on any atom is -0.134 e. The molecule has 0 saturated carbocycles. The Kier molecular flexibility index (Phi) is 4.34. The third kappa shape index (κ3) is 2.84. The first-order valence-corrected chi connectivity index (χ1v) is 13.7. The van der Waals surface area contributed by atoms with Crippen LogP contribution < -0.4 is 0 Å². The minimum atomic E-state index is 1.40. The third-order valence-corrected chi connectivity index (χ3v) is 10.9. The first-order chi connectivity index (χ1) is 15.9. The molecule has 0 atom stereocenters. The maximum atomic E-state index is 2.23. The normalized spacial score (nSPS) is 11.8. The Bertz CT molecular complexity index is 1610. The summed E-state index contributed by atoms with van der Waals surface area (Å²) in [6, 6.07) is 34.7. The number of hydrogen-bond acceptors (Lipinski definition) is 4. The van der Waals surface area contributed by atoms with Crippen molar-refractivity contribution in [3.63, 3.8) is 0 Å². The van der Waals surface area contributed by atoms with Crippen molar-refractivity contribution < 1.29 is 0 Å². The molecule has 4 aromatic carbocycles. The van der Waals surface area contributed by atoms with E-state index in [0.29, 0.717) is 0 Å². The van der Waals surface area contributed by atoms with Gasteiger partial charge in [-0.15, -0.1) is 45.3 Å². The highest BCUT2D eigenvalue weighted by molar-refractivity contribution is 7.37. The van der Waals surface area contributed by atoms with Crippen LogP contribution in [-0.4, -0.2) is 0 Å². The van der Waals surface area contributed by atoms with Gasteiger partial charge in [-0.1, -0.05) is 72.8 Å². The Hall–Kier alpha value is -2.76. The fourth-order valence-corrected chi connectivity index (χ4v) is 9.61. The molecule has 0 aliphatic heterocycles. The van der Waals surface area contributed by atoms with Crippen LogP contribution in [0.2, 0.25) is 0 Å². The second-order valence-electron chi connectivity index (χ2n) is 7.71. The van der Waals surface area contributed by atoms with Gasteiger partial charge in [0.05, 0.1) is 18.8 Å². The average Bonchev–Trinajstić information content (AvgIpc) is 3.57. The molecule has 152 valence electrons. The van der Waals surface area contributed by atoms with Gasteiger partial charge in [0.1, 0.15) is 0 Å². The first-order valence-electron chi connectivity index (χ1n) is 10.4. The molecule has 0 nitrogen and oxygen atoms in total. The van der Waals surface area contributed by atoms with Crippen LogP contribution in [0.4, 0.5) is 0 Å². The fraction of sp³-hybridized carbons (Fsp3) is 0. The van der Waals surface area contributed by atoms with Crippen LogP contribution >= 0.6 is 45.3 Å². The Balaban J connectivity index is 0.000000113. The Morgan fingerprint density at radius 3 is 0.750 bits per heavy atom. The molecule has 8 aromatic rings. The molecular weight excluding hydrogens is 465 g/mol. The predicted molar refractivity (Wildman–Crippen MR) is 149 cm³/mol. The van der Waals surface area contributed by atoms with Crippen LogP contribution in [0.5, 0.6) is 0 Å². The zero-order valence-electron chi connectivity index (χ0n) is 16.9. The zero-order chi connectivity index (χ0) is 21.1. The van der Waals surface area contributed by atoms with Gasteiger partial charge in [0.15, 0.2) is 0 Å². The van der Waals surface area contributed by atoms with Gasteiger partial charge in [0.2, 0.25) is 0 Å². The van der Waals surface area contributed by atoms with Gasteiger partial charge in [-0.3, -0.25) is 0 Å². The van der Waals surface area contributed by atoms with E-state index in [4.69, 9.17) is 0 Å². The van der Waals surface area contributed by atoms with Crippen molar-refractivity contribution in [2.24, 2.45) is 0 Å². The van der Waals surface area contributed by atoms with E-state index in [1.54, 1.807) is 0 Å². The van der Waals surface area contributed by atoms with Gasteiger partial charge < -0.3 is 0 Å². The molecule has 0 amide bonds. The molecule has 0 radical (unpaired) electrons. The Labute approximate surface area is 200 Å². The van der Waals surface area contributed by atoms with Crippen molar-refractivity contribution in [1.82, 2.24) is 0 Å². The number of fused-ring (bicyclic) bond motifs is 10. The van der Waals surface area contributed by atoms with Crippen molar-refractivity contribution in [3.05, 3.63) is 97.1 Å². The summed E-state index contributed by atoms with van der Waals surface area (Å²) < 4.78 is 11.4. The monoisotopic (exact) mass is 480 g/mol. The Morgan fingerprint density at radius 1 is 0.281 bits per heavy atom. The molecule has 0 aliphatic rings. The van der Waals surface area contributed by atoms with E-state index in [1.807, 2.05) is 45.3 Å². The largest absolute Gasteiger partial charge is 0.134 e. The highest BCUT2D eigenvalue weighted by Crippen LogP contribution is 2.44. The van der Waals surface area contributed by atoms with Gasteiger partial charge in [0.25, 0.3) is 0 Å². The fourth-order valence-electron chi connectivity index (χ4n) is 4.31. The number of benzene rings is 4. The molecule has 32 heavy (non-hydrogen) atoms. The van der Waals surface area contributed by atoms with E-state index in [0.717, 1.165) is 0 Å². The average molecular weight is 481 g/mol. The lowest BCUT2D eigenvalue weighted by atomic mass is 10.2. The van der Waals surface area contributed by atoms with E-state index >= 15 is 0 Å². The van der Waals surface area contributed by atoms with E-state index < -0.39 is 0 Å². The number of rotatable bonds is 0. The van der Waals surface area contributed by atoms with Crippen molar-refractivity contribution in [3.8, 4) is 0 Å². The van der Waals surface area contributed by atoms with Crippen molar-refractivity contribution >= 4 is 104 Å². The van der Waals surface area contributed by atoms with E-state index in [1.165, 1.54) is 59.1 Å². The molecule has 0 aliphatic carbocycles. The van der Waals surface area contributed by atoms with Crippen LogP contribution in [-0.2, 0) is 0 Å². The van der Waals surface area contributed by atoms with Crippen molar-refractivity contribution in [2.45, 2.75) is 0 Å². The number of hydrogen-bond donors (Lipinski definition) is 0. The molecule has 4 heterocycles. The lowest BCUT2D eigenvalue weighted by Gasteiger charge is -1.87. The summed E-state index contributed by atoms with van der Waals surface area (Å²) in [6.45, 7) is 0. The summed E-state index contributed by atoms with van der Waals surface area (Å²) >= 11 is 7.63. The molecule has 4 heteroatoms. The lowest BCUT2D eigenvalue weighted by Crippen LogP contribution is -1.58. The minimum absolute atomic E-state index is 1.40. The van der Waals surface area contributed by atoms with Crippen LogP contribution in [0.1, 0.15) is 0 Å². The van der Waals surface area contributed by atoms with Crippen LogP contribution in [0.15, 0.2) is 97.1 Å². The van der Waals surface area contributed by atoms with E-state index in [-0.39, 0.29) is 0 Å². The molecule has 0 unspecified atom stereocenters. The highest BCUT2D eigenvalue weighted by Gasteiger charge is 2.11. The maximum absolute atomic E-state index is 2.23. The SMILES string of the molecule is c1ccc2c(c1)sc1c3ccccc3sc21.c1ccc2c(c1)sc1c3ccccc3sc21.